The maximum absolute atomic E-state index is 13.6. The highest BCUT2D eigenvalue weighted by Crippen LogP contribution is 2.14. The number of ether oxygens (including phenoxy) is 1. The van der Waals surface area contributed by atoms with Gasteiger partial charge in [-0.3, -0.25) is 4.79 Å². The summed E-state index contributed by atoms with van der Waals surface area (Å²) >= 11 is 0. The molecule has 0 aromatic heterocycles. The van der Waals surface area contributed by atoms with Gasteiger partial charge in [-0.05, 0) is 12.1 Å². The van der Waals surface area contributed by atoms with Gasteiger partial charge in [0.25, 0.3) is 0 Å². The maximum atomic E-state index is 13.6. The topological polar surface area (TPSA) is 74.2 Å². The van der Waals surface area contributed by atoms with Gasteiger partial charge in [0.15, 0.2) is 0 Å². The minimum atomic E-state index is -0.774. The number of rotatable bonds is 8. The molecule has 1 aromatic rings. The number of methoxy groups -OCH3 is 1. The van der Waals surface area contributed by atoms with E-state index < -0.39 is 11.6 Å². The summed E-state index contributed by atoms with van der Waals surface area (Å²) in [7, 11) is 1.54. The van der Waals surface area contributed by atoms with E-state index in [2.05, 4.69) is 10.6 Å². The lowest BCUT2D eigenvalue weighted by atomic mass is 10.1. The van der Waals surface area contributed by atoms with Gasteiger partial charge in [0.1, 0.15) is 11.6 Å². The molecule has 21 heavy (non-hydrogen) atoms. The first kappa shape index (κ1) is 17.0. The lowest BCUT2D eigenvalue weighted by Crippen LogP contribution is -2.30. The minimum absolute atomic E-state index is 0.0469. The van der Waals surface area contributed by atoms with Crippen LogP contribution in [0.2, 0.25) is 0 Å². The van der Waals surface area contributed by atoms with Crippen LogP contribution in [0.3, 0.4) is 0 Å². The molecule has 0 saturated heterocycles. The van der Waals surface area contributed by atoms with Crippen LogP contribution in [0.1, 0.15) is 17.5 Å². The predicted octanol–water partition coefficient (Wildman–Crippen LogP) is 1.08. The van der Waals surface area contributed by atoms with Gasteiger partial charge in [0.05, 0.1) is 18.2 Å². The van der Waals surface area contributed by atoms with Gasteiger partial charge in [-0.25, -0.2) is 8.78 Å². The molecule has 5 nitrogen and oxygen atoms in total. The molecule has 0 aliphatic carbocycles. The number of nitrogens with zero attached hydrogens (tertiary/aromatic N) is 1. The second-order valence-corrected chi connectivity index (χ2v) is 4.30. The molecule has 1 rings (SSSR count). The SMILES string of the molecule is COCCNC(=O)CCNCc1c(F)cc(C#N)cc1F. The van der Waals surface area contributed by atoms with Crippen molar-refractivity contribution < 1.29 is 18.3 Å². The first-order chi connectivity index (χ1) is 10.1. The molecule has 7 heteroatoms. The number of hydrogen-bond acceptors (Lipinski definition) is 4. The normalized spacial score (nSPS) is 10.2. The molecule has 0 unspecified atom stereocenters. The fraction of sp³-hybridized carbons (Fsp3) is 0.429. The van der Waals surface area contributed by atoms with Gasteiger partial charge >= 0.3 is 0 Å². The summed E-state index contributed by atoms with van der Waals surface area (Å²) < 4.78 is 31.9. The zero-order chi connectivity index (χ0) is 15.7. The molecule has 0 heterocycles. The molecule has 0 aliphatic rings. The van der Waals surface area contributed by atoms with E-state index in [0.717, 1.165) is 12.1 Å². The van der Waals surface area contributed by atoms with Crippen LogP contribution in [0.15, 0.2) is 12.1 Å². The van der Waals surface area contributed by atoms with Gasteiger partial charge in [-0.1, -0.05) is 0 Å². The van der Waals surface area contributed by atoms with Crippen molar-refractivity contribution in [2.75, 3.05) is 26.8 Å². The number of halogens is 2. The van der Waals surface area contributed by atoms with Crippen LogP contribution in [0.4, 0.5) is 8.78 Å². The number of carbonyl (C=O) groups excluding carboxylic acids is 1. The van der Waals surface area contributed by atoms with Gasteiger partial charge in [-0.2, -0.15) is 5.26 Å². The van der Waals surface area contributed by atoms with Gasteiger partial charge in [0.2, 0.25) is 5.91 Å². The summed E-state index contributed by atoms with van der Waals surface area (Å²) in [4.78, 5) is 11.4. The third-order valence-corrected chi connectivity index (χ3v) is 2.73. The Labute approximate surface area is 121 Å². The Morgan fingerprint density at radius 3 is 2.57 bits per heavy atom. The van der Waals surface area contributed by atoms with Crippen LogP contribution in [-0.2, 0) is 16.1 Å². The van der Waals surface area contributed by atoms with E-state index in [1.807, 2.05) is 0 Å². The first-order valence-electron chi connectivity index (χ1n) is 6.43. The van der Waals surface area contributed by atoms with Gasteiger partial charge in [0, 0.05) is 38.7 Å². The summed E-state index contributed by atoms with van der Waals surface area (Å²) in [5, 5.41) is 14.0. The Morgan fingerprint density at radius 2 is 2.00 bits per heavy atom. The molecule has 1 amide bonds. The van der Waals surface area contributed by atoms with E-state index in [9.17, 15) is 13.6 Å². The Balaban J connectivity index is 2.37. The van der Waals surface area contributed by atoms with E-state index in [4.69, 9.17) is 10.00 Å². The van der Waals surface area contributed by atoms with Crippen molar-refractivity contribution in [2.24, 2.45) is 0 Å². The molecule has 0 bridgehead atoms. The first-order valence-corrected chi connectivity index (χ1v) is 6.43. The quantitative estimate of drug-likeness (QED) is 0.704. The Morgan fingerprint density at radius 1 is 1.33 bits per heavy atom. The second kappa shape index (κ2) is 9.00. The van der Waals surface area contributed by atoms with Crippen LogP contribution in [-0.4, -0.2) is 32.7 Å². The van der Waals surface area contributed by atoms with E-state index >= 15 is 0 Å². The number of hydrogen-bond donors (Lipinski definition) is 2. The van der Waals surface area contributed by atoms with E-state index in [1.165, 1.54) is 7.11 Å². The van der Waals surface area contributed by atoms with Crippen molar-refractivity contribution >= 4 is 5.91 Å². The third kappa shape index (κ3) is 5.85. The fourth-order valence-corrected chi connectivity index (χ4v) is 1.63. The van der Waals surface area contributed by atoms with E-state index in [1.54, 1.807) is 6.07 Å². The van der Waals surface area contributed by atoms with Crippen molar-refractivity contribution in [3.8, 4) is 6.07 Å². The standard InChI is InChI=1S/C14H17F2N3O2/c1-21-5-4-19-14(20)2-3-18-9-11-12(15)6-10(8-17)7-13(11)16/h6-7,18H,2-5,9H2,1H3,(H,19,20). The summed E-state index contributed by atoms with van der Waals surface area (Å²) in [5.41, 5.74) is -0.208. The molecule has 0 fully saturated rings. The summed E-state index contributed by atoms with van der Waals surface area (Å²) in [6.07, 6.45) is 0.198. The van der Waals surface area contributed by atoms with Crippen molar-refractivity contribution in [3.63, 3.8) is 0 Å². The van der Waals surface area contributed by atoms with E-state index in [-0.39, 0.29) is 36.5 Å². The Kier molecular flexibility index (Phi) is 7.29. The maximum Gasteiger partial charge on any atom is 0.221 e. The number of nitrogens with one attached hydrogen (secondary N) is 2. The zero-order valence-corrected chi connectivity index (χ0v) is 11.7. The summed E-state index contributed by atoms with van der Waals surface area (Å²) in [6.45, 7) is 1.10. The van der Waals surface area contributed by atoms with Crippen LogP contribution in [0, 0.1) is 23.0 Å². The average molecular weight is 297 g/mol. The third-order valence-electron chi connectivity index (χ3n) is 2.73. The smallest absolute Gasteiger partial charge is 0.221 e. The average Bonchev–Trinajstić information content (AvgIpc) is 2.45. The molecule has 1 aromatic carbocycles. The lowest BCUT2D eigenvalue weighted by molar-refractivity contribution is -0.121. The van der Waals surface area contributed by atoms with Crippen LogP contribution in [0.5, 0.6) is 0 Å². The van der Waals surface area contributed by atoms with Crippen LogP contribution >= 0.6 is 0 Å². The summed E-state index contributed by atoms with van der Waals surface area (Å²) in [6, 6.07) is 3.65. The summed E-state index contributed by atoms with van der Waals surface area (Å²) in [5.74, 6) is -1.72. The van der Waals surface area contributed by atoms with E-state index in [0.29, 0.717) is 13.2 Å². The monoisotopic (exact) mass is 297 g/mol. The Hall–Kier alpha value is -2.04. The number of benzene rings is 1. The van der Waals surface area contributed by atoms with Crippen molar-refractivity contribution in [3.05, 3.63) is 34.9 Å². The molecule has 114 valence electrons. The van der Waals surface area contributed by atoms with Crippen molar-refractivity contribution in [1.29, 1.82) is 5.26 Å². The predicted molar refractivity (Wildman–Crippen MR) is 72.3 cm³/mol. The van der Waals surface area contributed by atoms with Crippen LogP contribution < -0.4 is 10.6 Å². The molecule has 0 aliphatic heterocycles. The molecule has 0 saturated carbocycles. The fourth-order valence-electron chi connectivity index (χ4n) is 1.63. The van der Waals surface area contributed by atoms with Gasteiger partial charge in [-0.15, -0.1) is 0 Å². The molecular formula is C14H17F2N3O2. The molecule has 0 radical (unpaired) electrons. The lowest BCUT2D eigenvalue weighted by Gasteiger charge is -2.08. The number of carbonyl (C=O) groups is 1. The molecule has 0 spiro atoms. The van der Waals surface area contributed by atoms with Gasteiger partial charge < -0.3 is 15.4 Å². The highest BCUT2D eigenvalue weighted by Gasteiger charge is 2.11. The second-order valence-electron chi connectivity index (χ2n) is 4.30. The highest BCUT2D eigenvalue weighted by molar-refractivity contribution is 5.76. The van der Waals surface area contributed by atoms with Crippen LogP contribution in [0.25, 0.3) is 0 Å². The Bertz CT molecular complexity index is 506. The molecular weight excluding hydrogens is 280 g/mol. The largest absolute Gasteiger partial charge is 0.383 e. The molecule has 2 N–H and O–H groups in total. The zero-order valence-electron chi connectivity index (χ0n) is 11.7. The van der Waals surface area contributed by atoms with Crippen molar-refractivity contribution in [1.82, 2.24) is 10.6 Å². The number of nitriles is 1. The number of amides is 1. The minimum Gasteiger partial charge on any atom is -0.383 e. The molecule has 0 atom stereocenters. The van der Waals surface area contributed by atoms with Crippen molar-refractivity contribution in [2.45, 2.75) is 13.0 Å². The highest BCUT2D eigenvalue weighted by atomic mass is 19.1.